The topological polar surface area (TPSA) is 76.3 Å². The van der Waals surface area contributed by atoms with Gasteiger partial charge in [0, 0.05) is 43.4 Å². The van der Waals surface area contributed by atoms with Crippen LogP contribution in [0.3, 0.4) is 0 Å². The average Bonchev–Trinajstić information content (AvgIpc) is 2.90. The quantitative estimate of drug-likeness (QED) is 0.834. The van der Waals surface area contributed by atoms with Crippen LogP contribution in [0, 0.1) is 12.8 Å². The average molecular weight is 398 g/mol. The number of hydrogen-bond donors (Lipinski definition) is 1. The Labute approximate surface area is 157 Å². The number of thiophene rings is 1. The molecule has 1 saturated carbocycles. The van der Waals surface area contributed by atoms with E-state index in [9.17, 15) is 23.2 Å². The van der Waals surface area contributed by atoms with Gasteiger partial charge in [0.05, 0.1) is 11.9 Å². The Kier molecular flexibility index (Phi) is 4.13. The van der Waals surface area contributed by atoms with E-state index in [0.717, 1.165) is 9.44 Å². The van der Waals surface area contributed by atoms with Crippen LogP contribution in [-0.4, -0.2) is 39.1 Å². The van der Waals surface area contributed by atoms with Crippen LogP contribution < -0.4 is 16.6 Å². The Morgan fingerprint density at radius 2 is 1.96 bits per heavy atom. The van der Waals surface area contributed by atoms with E-state index in [1.807, 2.05) is 0 Å². The van der Waals surface area contributed by atoms with Gasteiger partial charge in [0.1, 0.15) is 4.83 Å². The van der Waals surface area contributed by atoms with Crippen molar-refractivity contribution in [2.75, 3.05) is 13.1 Å². The number of halogens is 2. The lowest BCUT2D eigenvalue weighted by atomic mass is 10.2. The summed E-state index contributed by atoms with van der Waals surface area (Å²) < 4.78 is 29.3. The lowest BCUT2D eigenvalue weighted by molar-refractivity contribution is 0.0950. The maximum Gasteiger partial charge on any atom is 0.332 e. The minimum Gasteiger partial charge on any atom is -0.336 e. The minimum absolute atomic E-state index is 0.105. The molecule has 7 nitrogen and oxygen atoms in total. The zero-order chi connectivity index (χ0) is 19.5. The van der Waals surface area contributed by atoms with Crippen LogP contribution in [0.4, 0.5) is 13.6 Å². The maximum atomic E-state index is 13.4. The number of alkyl halides is 2. The van der Waals surface area contributed by atoms with Crippen LogP contribution in [0.5, 0.6) is 0 Å². The molecule has 1 aliphatic heterocycles. The summed E-state index contributed by atoms with van der Waals surface area (Å²) in [5.74, 6) is -3.63. The van der Waals surface area contributed by atoms with Crippen LogP contribution in [0.2, 0.25) is 0 Å². The summed E-state index contributed by atoms with van der Waals surface area (Å²) in [5, 5.41) is 3.11. The first-order chi connectivity index (χ1) is 12.7. The molecule has 3 heterocycles. The van der Waals surface area contributed by atoms with E-state index in [0.29, 0.717) is 35.4 Å². The molecule has 146 valence electrons. The van der Waals surface area contributed by atoms with Gasteiger partial charge in [-0.15, -0.1) is 11.3 Å². The summed E-state index contributed by atoms with van der Waals surface area (Å²) in [6.45, 7) is 4.99. The Morgan fingerprint density at radius 3 is 2.52 bits per heavy atom. The standard InChI is InChI=1S/C17H20F2N4O3S/c1-3-22-13(24)12-9(2)11(8-21-5-4-20-15(21)25)27-14(12)23(16(22)26)7-10-6-17(10,18)19/h10H,3-8H2,1-2H3,(H,20,25). The van der Waals surface area contributed by atoms with Gasteiger partial charge in [0.2, 0.25) is 0 Å². The van der Waals surface area contributed by atoms with Gasteiger partial charge < -0.3 is 10.2 Å². The van der Waals surface area contributed by atoms with Gasteiger partial charge in [-0.05, 0) is 19.4 Å². The SMILES string of the molecule is CCn1c(=O)c2c(C)c(CN3CCNC3=O)sc2n(CC2CC2(F)F)c1=O. The highest BCUT2D eigenvalue weighted by Crippen LogP contribution is 2.49. The van der Waals surface area contributed by atoms with E-state index >= 15 is 0 Å². The predicted molar refractivity (Wildman–Crippen MR) is 97.6 cm³/mol. The molecular formula is C17H20F2N4O3S. The zero-order valence-corrected chi connectivity index (χ0v) is 15.9. The minimum atomic E-state index is -2.75. The molecule has 0 spiro atoms. The molecular weight excluding hydrogens is 378 g/mol. The van der Waals surface area contributed by atoms with Crippen molar-refractivity contribution >= 4 is 27.6 Å². The van der Waals surface area contributed by atoms with Crippen molar-refractivity contribution in [3.05, 3.63) is 31.3 Å². The summed E-state index contributed by atoms with van der Waals surface area (Å²) in [6.07, 6.45) is -0.239. The molecule has 2 aromatic heterocycles. The van der Waals surface area contributed by atoms with Crippen molar-refractivity contribution in [2.45, 2.75) is 45.8 Å². The van der Waals surface area contributed by atoms with Crippen molar-refractivity contribution in [3.8, 4) is 0 Å². The molecule has 2 fully saturated rings. The van der Waals surface area contributed by atoms with Gasteiger partial charge in [-0.3, -0.25) is 13.9 Å². The number of aromatic nitrogens is 2. The fraction of sp³-hybridized carbons (Fsp3) is 0.588. The lowest BCUT2D eigenvalue weighted by Crippen LogP contribution is -2.39. The number of nitrogens with one attached hydrogen (secondary N) is 1. The van der Waals surface area contributed by atoms with Crippen molar-refractivity contribution in [1.29, 1.82) is 0 Å². The van der Waals surface area contributed by atoms with E-state index in [4.69, 9.17) is 0 Å². The Balaban J connectivity index is 1.85. The number of nitrogens with zero attached hydrogens (tertiary/aromatic N) is 3. The second-order valence-corrected chi connectivity index (χ2v) is 8.17. The van der Waals surface area contributed by atoms with E-state index in [1.165, 1.54) is 15.9 Å². The van der Waals surface area contributed by atoms with Crippen LogP contribution in [0.15, 0.2) is 9.59 Å². The number of carbonyl (C=O) groups is 1. The van der Waals surface area contributed by atoms with Gasteiger partial charge >= 0.3 is 11.7 Å². The van der Waals surface area contributed by atoms with Crippen molar-refractivity contribution in [3.63, 3.8) is 0 Å². The van der Waals surface area contributed by atoms with Gasteiger partial charge in [-0.1, -0.05) is 0 Å². The summed E-state index contributed by atoms with van der Waals surface area (Å²) in [4.78, 5) is 40.2. The zero-order valence-electron chi connectivity index (χ0n) is 15.1. The highest BCUT2D eigenvalue weighted by Gasteiger charge is 2.57. The third-order valence-corrected chi connectivity index (χ3v) is 6.65. The molecule has 2 amide bonds. The molecule has 0 radical (unpaired) electrons. The van der Waals surface area contributed by atoms with Crippen LogP contribution in [-0.2, 0) is 19.6 Å². The number of carbonyl (C=O) groups excluding carboxylic acids is 1. The van der Waals surface area contributed by atoms with Crippen LogP contribution in [0.25, 0.3) is 10.2 Å². The second kappa shape index (κ2) is 6.15. The van der Waals surface area contributed by atoms with Gasteiger partial charge in [-0.2, -0.15) is 0 Å². The van der Waals surface area contributed by atoms with E-state index in [1.54, 1.807) is 18.7 Å². The molecule has 1 aliphatic carbocycles. The van der Waals surface area contributed by atoms with Gasteiger partial charge in [0.15, 0.2) is 0 Å². The molecule has 1 saturated heterocycles. The first kappa shape index (κ1) is 18.1. The molecule has 10 heteroatoms. The molecule has 27 heavy (non-hydrogen) atoms. The number of hydrogen-bond acceptors (Lipinski definition) is 4. The van der Waals surface area contributed by atoms with Crippen molar-refractivity contribution < 1.29 is 13.6 Å². The summed E-state index contributed by atoms with van der Waals surface area (Å²) in [5.41, 5.74) is -0.246. The van der Waals surface area contributed by atoms with E-state index in [2.05, 4.69) is 5.32 Å². The summed E-state index contributed by atoms with van der Waals surface area (Å²) in [7, 11) is 0. The fourth-order valence-corrected chi connectivity index (χ4v) is 4.87. The Morgan fingerprint density at radius 1 is 1.26 bits per heavy atom. The molecule has 1 atom stereocenters. The largest absolute Gasteiger partial charge is 0.336 e. The third kappa shape index (κ3) is 2.86. The Bertz CT molecular complexity index is 1060. The smallest absolute Gasteiger partial charge is 0.332 e. The summed E-state index contributed by atoms with van der Waals surface area (Å²) in [6, 6.07) is -0.173. The fourth-order valence-electron chi connectivity index (χ4n) is 3.55. The van der Waals surface area contributed by atoms with Crippen LogP contribution >= 0.6 is 11.3 Å². The molecule has 0 aromatic carbocycles. The molecule has 2 aromatic rings. The first-order valence-corrected chi connectivity index (χ1v) is 9.72. The first-order valence-electron chi connectivity index (χ1n) is 8.90. The number of urea groups is 1. The number of rotatable bonds is 5. The lowest BCUT2D eigenvalue weighted by Gasteiger charge is -2.12. The highest BCUT2D eigenvalue weighted by atomic mass is 32.1. The van der Waals surface area contributed by atoms with E-state index in [-0.39, 0.29) is 25.5 Å². The normalized spacial score (nSPS) is 21.1. The Hall–Kier alpha value is -2.23. The van der Waals surface area contributed by atoms with E-state index < -0.39 is 23.1 Å². The molecule has 2 aliphatic rings. The van der Waals surface area contributed by atoms with Gasteiger partial charge in [-0.25, -0.2) is 18.4 Å². The number of aryl methyl sites for hydroxylation is 1. The monoisotopic (exact) mass is 398 g/mol. The summed E-state index contributed by atoms with van der Waals surface area (Å²) >= 11 is 1.24. The highest BCUT2D eigenvalue weighted by molar-refractivity contribution is 7.18. The number of amides is 2. The van der Waals surface area contributed by atoms with Gasteiger partial charge in [0.25, 0.3) is 11.5 Å². The second-order valence-electron chi connectivity index (χ2n) is 7.09. The molecule has 1 unspecified atom stereocenters. The van der Waals surface area contributed by atoms with Crippen molar-refractivity contribution in [1.82, 2.24) is 19.4 Å². The predicted octanol–water partition coefficient (Wildman–Crippen LogP) is 1.73. The van der Waals surface area contributed by atoms with Crippen LogP contribution in [0.1, 0.15) is 23.8 Å². The molecule has 4 rings (SSSR count). The van der Waals surface area contributed by atoms with Crippen molar-refractivity contribution in [2.24, 2.45) is 5.92 Å². The molecule has 1 N–H and O–H groups in total. The maximum absolute atomic E-state index is 13.4. The molecule has 0 bridgehead atoms. The third-order valence-electron chi connectivity index (χ3n) is 5.35. The number of fused-ring (bicyclic) bond motifs is 1.